The maximum absolute atomic E-state index is 12.1. The van der Waals surface area contributed by atoms with Crippen LogP contribution >= 0.6 is 0 Å². The van der Waals surface area contributed by atoms with Crippen molar-refractivity contribution in [3.63, 3.8) is 0 Å². The number of hydrogen-bond acceptors (Lipinski definition) is 3. The van der Waals surface area contributed by atoms with Crippen LogP contribution in [0.2, 0.25) is 0 Å². The summed E-state index contributed by atoms with van der Waals surface area (Å²) in [5, 5.41) is 2.96. The standard InChI is InChI=1S/C20H33N3O2/c1-8-15(4)23(16(5)24)13-17-12-18(9-10-19(17)22(6)7)21-20(25)11-14(2)3/h9-10,12,14-15H,8,11,13H2,1-7H3,(H,21,25)/t15-/m0/s1. The molecule has 0 spiro atoms. The second-order valence-corrected chi connectivity index (χ2v) is 7.29. The predicted octanol–water partition coefficient (Wildman–Crippen LogP) is 3.88. The van der Waals surface area contributed by atoms with Crippen LogP contribution in [-0.4, -0.2) is 36.9 Å². The van der Waals surface area contributed by atoms with Crippen molar-refractivity contribution in [2.75, 3.05) is 24.3 Å². The lowest BCUT2D eigenvalue weighted by Gasteiger charge is -2.29. The van der Waals surface area contributed by atoms with Gasteiger partial charge >= 0.3 is 0 Å². The zero-order valence-corrected chi connectivity index (χ0v) is 16.7. The summed E-state index contributed by atoms with van der Waals surface area (Å²) in [6.45, 7) is 10.3. The Hall–Kier alpha value is -2.04. The molecule has 0 aliphatic carbocycles. The van der Waals surface area contributed by atoms with Crippen LogP contribution < -0.4 is 10.2 Å². The summed E-state index contributed by atoms with van der Waals surface area (Å²) >= 11 is 0. The Labute approximate surface area is 152 Å². The maximum atomic E-state index is 12.1. The zero-order valence-electron chi connectivity index (χ0n) is 16.7. The fourth-order valence-electron chi connectivity index (χ4n) is 2.79. The fraction of sp³-hybridized carbons (Fsp3) is 0.600. The van der Waals surface area contributed by atoms with Crippen LogP contribution in [0.5, 0.6) is 0 Å². The Morgan fingerprint density at radius 2 is 1.80 bits per heavy atom. The minimum absolute atomic E-state index is 0.0175. The average Bonchev–Trinajstić information content (AvgIpc) is 2.50. The number of amides is 2. The van der Waals surface area contributed by atoms with E-state index in [2.05, 4.69) is 19.2 Å². The molecule has 1 N–H and O–H groups in total. The monoisotopic (exact) mass is 347 g/mol. The summed E-state index contributed by atoms with van der Waals surface area (Å²) in [5.41, 5.74) is 2.86. The Morgan fingerprint density at radius 3 is 2.28 bits per heavy atom. The number of anilines is 2. The van der Waals surface area contributed by atoms with E-state index >= 15 is 0 Å². The number of rotatable bonds is 8. The lowest BCUT2D eigenvalue weighted by Crippen LogP contribution is -2.36. The number of carbonyl (C=O) groups is 2. The summed E-state index contributed by atoms with van der Waals surface area (Å²) < 4.78 is 0. The van der Waals surface area contributed by atoms with E-state index in [1.54, 1.807) is 6.92 Å². The van der Waals surface area contributed by atoms with Crippen molar-refractivity contribution in [1.29, 1.82) is 0 Å². The summed E-state index contributed by atoms with van der Waals surface area (Å²) in [6.07, 6.45) is 1.40. The van der Waals surface area contributed by atoms with Gasteiger partial charge in [-0.2, -0.15) is 0 Å². The van der Waals surface area contributed by atoms with Gasteiger partial charge in [0.15, 0.2) is 0 Å². The molecule has 0 radical (unpaired) electrons. The van der Waals surface area contributed by atoms with E-state index < -0.39 is 0 Å². The maximum Gasteiger partial charge on any atom is 0.224 e. The molecule has 0 bridgehead atoms. The van der Waals surface area contributed by atoms with E-state index in [4.69, 9.17) is 0 Å². The van der Waals surface area contributed by atoms with Crippen LogP contribution in [0, 0.1) is 5.92 Å². The van der Waals surface area contributed by atoms with Crippen LogP contribution in [0.1, 0.15) is 53.0 Å². The molecule has 1 atom stereocenters. The van der Waals surface area contributed by atoms with Gasteiger partial charge < -0.3 is 15.1 Å². The zero-order chi connectivity index (χ0) is 19.1. The molecule has 140 valence electrons. The van der Waals surface area contributed by atoms with Gasteiger partial charge in [0.05, 0.1) is 0 Å². The Morgan fingerprint density at radius 1 is 1.16 bits per heavy atom. The van der Waals surface area contributed by atoms with Crippen LogP contribution in [0.3, 0.4) is 0 Å². The van der Waals surface area contributed by atoms with Crippen molar-refractivity contribution in [3.8, 4) is 0 Å². The van der Waals surface area contributed by atoms with Gasteiger partial charge in [0.2, 0.25) is 11.8 Å². The second-order valence-electron chi connectivity index (χ2n) is 7.29. The molecular formula is C20H33N3O2. The largest absolute Gasteiger partial charge is 0.377 e. The van der Waals surface area contributed by atoms with Crippen molar-refractivity contribution in [3.05, 3.63) is 23.8 Å². The average molecular weight is 348 g/mol. The Balaban J connectivity index is 3.10. The molecule has 0 heterocycles. The van der Waals surface area contributed by atoms with E-state index in [1.165, 1.54) is 0 Å². The van der Waals surface area contributed by atoms with Crippen molar-refractivity contribution >= 4 is 23.2 Å². The van der Waals surface area contributed by atoms with Crippen molar-refractivity contribution < 1.29 is 9.59 Å². The van der Waals surface area contributed by atoms with Gasteiger partial charge in [-0.15, -0.1) is 0 Å². The third-order valence-electron chi connectivity index (χ3n) is 4.31. The molecular weight excluding hydrogens is 314 g/mol. The normalized spacial score (nSPS) is 12.0. The van der Waals surface area contributed by atoms with Gasteiger partial charge in [0, 0.05) is 51.4 Å². The lowest BCUT2D eigenvalue weighted by atomic mass is 10.1. The second kappa shape index (κ2) is 9.44. The number of nitrogens with zero attached hydrogens (tertiary/aromatic N) is 2. The first-order valence-electron chi connectivity index (χ1n) is 9.03. The quantitative estimate of drug-likeness (QED) is 0.776. The van der Waals surface area contributed by atoms with Gasteiger partial charge in [-0.25, -0.2) is 0 Å². The Bertz CT molecular complexity index is 597. The third-order valence-corrected chi connectivity index (χ3v) is 4.31. The highest BCUT2D eigenvalue weighted by atomic mass is 16.2. The number of carbonyl (C=O) groups excluding carboxylic acids is 2. The van der Waals surface area contributed by atoms with Crippen LogP contribution in [0.15, 0.2) is 18.2 Å². The van der Waals surface area contributed by atoms with E-state index in [0.717, 1.165) is 23.4 Å². The molecule has 2 amide bonds. The molecule has 1 aromatic carbocycles. The fourth-order valence-corrected chi connectivity index (χ4v) is 2.79. The molecule has 0 unspecified atom stereocenters. The van der Waals surface area contributed by atoms with E-state index in [9.17, 15) is 9.59 Å². The number of nitrogens with one attached hydrogen (secondary N) is 1. The molecule has 0 fully saturated rings. The molecule has 25 heavy (non-hydrogen) atoms. The summed E-state index contributed by atoms with van der Waals surface area (Å²) in [6, 6.07) is 6.06. The molecule has 0 saturated carbocycles. The number of hydrogen-bond donors (Lipinski definition) is 1. The van der Waals surface area contributed by atoms with Gasteiger partial charge in [-0.1, -0.05) is 20.8 Å². The molecule has 0 aliphatic heterocycles. The first-order valence-corrected chi connectivity index (χ1v) is 9.03. The van der Waals surface area contributed by atoms with Crippen molar-refractivity contribution in [2.24, 2.45) is 5.92 Å². The van der Waals surface area contributed by atoms with Gasteiger partial charge in [0.25, 0.3) is 0 Å². The highest BCUT2D eigenvalue weighted by molar-refractivity contribution is 5.91. The molecule has 1 rings (SSSR count). The molecule has 1 aromatic rings. The van der Waals surface area contributed by atoms with E-state index in [-0.39, 0.29) is 17.9 Å². The van der Waals surface area contributed by atoms with Crippen LogP contribution in [0.25, 0.3) is 0 Å². The summed E-state index contributed by atoms with van der Waals surface area (Å²) in [5.74, 6) is 0.399. The van der Waals surface area contributed by atoms with E-state index in [1.807, 2.05) is 55.9 Å². The Kier molecular flexibility index (Phi) is 7.94. The minimum atomic E-state index is 0.0175. The highest BCUT2D eigenvalue weighted by Crippen LogP contribution is 2.26. The molecule has 5 nitrogen and oxygen atoms in total. The van der Waals surface area contributed by atoms with Gasteiger partial charge in [-0.3, -0.25) is 9.59 Å². The third kappa shape index (κ3) is 6.40. The van der Waals surface area contributed by atoms with Gasteiger partial charge in [0.1, 0.15) is 0 Å². The van der Waals surface area contributed by atoms with Crippen molar-refractivity contribution in [1.82, 2.24) is 4.90 Å². The molecule has 0 aromatic heterocycles. The smallest absolute Gasteiger partial charge is 0.224 e. The lowest BCUT2D eigenvalue weighted by molar-refractivity contribution is -0.131. The first-order chi connectivity index (χ1) is 11.6. The van der Waals surface area contributed by atoms with Crippen molar-refractivity contribution in [2.45, 2.75) is 60.0 Å². The molecule has 0 aliphatic rings. The topological polar surface area (TPSA) is 52.7 Å². The summed E-state index contributed by atoms with van der Waals surface area (Å²) in [7, 11) is 3.97. The molecule has 0 saturated heterocycles. The van der Waals surface area contributed by atoms with E-state index in [0.29, 0.717) is 18.9 Å². The SMILES string of the molecule is CC[C@H](C)N(Cc1cc(NC(=O)CC(C)C)ccc1N(C)C)C(C)=O. The number of benzene rings is 1. The summed E-state index contributed by atoms with van der Waals surface area (Å²) in [4.78, 5) is 28.0. The van der Waals surface area contributed by atoms with Gasteiger partial charge in [-0.05, 0) is 43.0 Å². The minimum Gasteiger partial charge on any atom is -0.377 e. The van der Waals surface area contributed by atoms with Crippen LogP contribution in [-0.2, 0) is 16.1 Å². The highest BCUT2D eigenvalue weighted by Gasteiger charge is 2.18. The molecule has 5 heteroatoms. The van der Waals surface area contributed by atoms with Crippen LogP contribution in [0.4, 0.5) is 11.4 Å². The predicted molar refractivity (Wildman–Crippen MR) is 105 cm³/mol. The first kappa shape index (κ1) is 21.0.